The van der Waals surface area contributed by atoms with E-state index in [-0.39, 0.29) is 30.4 Å². The van der Waals surface area contributed by atoms with Crippen molar-refractivity contribution >= 4 is 11.8 Å². The van der Waals surface area contributed by atoms with Crippen LogP contribution >= 0.6 is 0 Å². The summed E-state index contributed by atoms with van der Waals surface area (Å²) in [5.41, 5.74) is 1.11. The molecule has 0 saturated carbocycles. The molecule has 23 heavy (non-hydrogen) atoms. The molecule has 0 aliphatic carbocycles. The summed E-state index contributed by atoms with van der Waals surface area (Å²) >= 11 is 0. The fourth-order valence-corrected chi connectivity index (χ4v) is 2.63. The monoisotopic (exact) mass is 321 g/mol. The maximum absolute atomic E-state index is 12.1. The number of amides is 2. The number of aryl methyl sites for hydroxylation is 1. The first-order chi connectivity index (χ1) is 11.0. The predicted molar refractivity (Wildman–Crippen MR) is 87.9 cm³/mol. The molecule has 1 aromatic heterocycles. The Labute approximate surface area is 137 Å². The molecular formula is C16H27N5O2. The highest BCUT2D eigenvalue weighted by Crippen LogP contribution is 2.10. The summed E-state index contributed by atoms with van der Waals surface area (Å²) in [5.74, 6) is -0.230. The van der Waals surface area contributed by atoms with Crippen molar-refractivity contribution in [3.63, 3.8) is 0 Å². The third kappa shape index (κ3) is 5.06. The highest BCUT2D eigenvalue weighted by molar-refractivity contribution is 5.88. The van der Waals surface area contributed by atoms with Crippen molar-refractivity contribution in [1.82, 2.24) is 25.7 Å². The number of hydrogen-bond donors (Lipinski definition) is 3. The van der Waals surface area contributed by atoms with Gasteiger partial charge >= 0.3 is 0 Å². The summed E-state index contributed by atoms with van der Waals surface area (Å²) in [6, 6.07) is -0.186. The Balaban J connectivity index is 1.78. The fraction of sp³-hybridized carbons (Fsp3) is 0.688. The van der Waals surface area contributed by atoms with Gasteiger partial charge in [0.15, 0.2) is 0 Å². The van der Waals surface area contributed by atoms with Crippen LogP contribution in [0.25, 0.3) is 0 Å². The van der Waals surface area contributed by atoms with Crippen molar-refractivity contribution in [1.29, 1.82) is 0 Å². The molecule has 0 unspecified atom stereocenters. The average Bonchev–Trinajstić information content (AvgIpc) is 2.86. The molecule has 3 atom stereocenters. The quantitative estimate of drug-likeness (QED) is 0.712. The van der Waals surface area contributed by atoms with E-state index in [0.29, 0.717) is 13.0 Å². The fourth-order valence-electron chi connectivity index (χ4n) is 2.63. The zero-order valence-electron chi connectivity index (χ0n) is 14.1. The maximum Gasteiger partial charge on any atom is 0.242 e. The van der Waals surface area contributed by atoms with Crippen LogP contribution in [0.1, 0.15) is 44.7 Å². The van der Waals surface area contributed by atoms with E-state index in [1.807, 2.05) is 30.9 Å². The highest BCUT2D eigenvalue weighted by Gasteiger charge is 2.23. The number of carbonyl (C=O) groups excluding carboxylic acids is 2. The van der Waals surface area contributed by atoms with Crippen molar-refractivity contribution in [2.24, 2.45) is 0 Å². The van der Waals surface area contributed by atoms with Gasteiger partial charge in [0.25, 0.3) is 0 Å². The maximum atomic E-state index is 12.1. The molecule has 1 fully saturated rings. The minimum atomic E-state index is -0.409. The molecule has 7 nitrogen and oxygen atoms in total. The largest absolute Gasteiger partial charge is 0.354 e. The van der Waals surface area contributed by atoms with Crippen LogP contribution in [-0.2, 0) is 9.59 Å². The molecule has 0 aromatic carbocycles. The first kappa shape index (κ1) is 17.5. The molecule has 1 aliphatic heterocycles. The topological polar surface area (TPSA) is 88.1 Å². The Morgan fingerprint density at radius 3 is 2.96 bits per heavy atom. The molecule has 2 rings (SSSR count). The summed E-state index contributed by atoms with van der Waals surface area (Å²) in [4.78, 5) is 23.9. The molecular weight excluding hydrogens is 294 g/mol. The molecule has 1 aromatic rings. The second-order valence-electron chi connectivity index (χ2n) is 6.31. The molecule has 2 amide bonds. The van der Waals surface area contributed by atoms with Crippen LogP contribution in [0.3, 0.4) is 0 Å². The van der Waals surface area contributed by atoms with Crippen molar-refractivity contribution in [3.8, 4) is 0 Å². The Kier molecular flexibility index (Phi) is 6.15. The lowest BCUT2D eigenvalue weighted by Crippen LogP contribution is -2.49. The Hall–Kier alpha value is -1.89. The van der Waals surface area contributed by atoms with Crippen LogP contribution in [-0.4, -0.2) is 46.8 Å². The molecule has 0 radical (unpaired) electrons. The van der Waals surface area contributed by atoms with Crippen molar-refractivity contribution in [3.05, 3.63) is 18.0 Å². The van der Waals surface area contributed by atoms with Crippen LogP contribution in [0.4, 0.5) is 0 Å². The molecule has 3 N–H and O–H groups in total. The van der Waals surface area contributed by atoms with Gasteiger partial charge in [0.05, 0.1) is 18.8 Å². The second-order valence-corrected chi connectivity index (χ2v) is 6.31. The number of carbonyl (C=O) groups is 2. The van der Waals surface area contributed by atoms with E-state index in [2.05, 4.69) is 28.0 Å². The number of aromatic nitrogens is 2. The summed E-state index contributed by atoms with van der Waals surface area (Å²) in [7, 11) is 0. The summed E-state index contributed by atoms with van der Waals surface area (Å²) in [5, 5.41) is 13.1. The van der Waals surface area contributed by atoms with Gasteiger partial charge < -0.3 is 16.0 Å². The van der Waals surface area contributed by atoms with Gasteiger partial charge in [0.1, 0.15) is 6.04 Å². The Morgan fingerprint density at radius 1 is 1.48 bits per heavy atom. The number of rotatable bonds is 6. The van der Waals surface area contributed by atoms with Crippen molar-refractivity contribution in [2.75, 3.05) is 13.1 Å². The van der Waals surface area contributed by atoms with Gasteiger partial charge in [-0.1, -0.05) is 0 Å². The van der Waals surface area contributed by atoms with E-state index in [4.69, 9.17) is 0 Å². The van der Waals surface area contributed by atoms with Gasteiger partial charge in [-0.3, -0.25) is 14.3 Å². The molecule has 128 valence electrons. The summed E-state index contributed by atoms with van der Waals surface area (Å²) < 4.78 is 1.89. The number of hydrogen-bond acceptors (Lipinski definition) is 4. The summed E-state index contributed by atoms with van der Waals surface area (Å²) in [6.45, 7) is 6.96. The van der Waals surface area contributed by atoms with Gasteiger partial charge in [-0.25, -0.2) is 0 Å². The normalized spacial score (nSPS) is 21.2. The van der Waals surface area contributed by atoms with Crippen LogP contribution in [0, 0.1) is 6.92 Å². The standard InChI is InChI=1S/C16H27N5O2/c1-11-8-19-21(10-11)13(3)12(2)18-9-15(22)20-14-6-4-5-7-17-16(14)23/h8,10,12-14,18H,4-7,9H2,1-3H3,(H,17,23)(H,20,22)/t12-,13+,14-/m0/s1. The molecule has 7 heteroatoms. The van der Waals surface area contributed by atoms with E-state index in [9.17, 15) is 9.59 Å². The predicted octanol–water partition coefficient (Wildman–Crippen LogP) is 0.516. The third-order valence-corrected chi connectivity index (χ3v) is 4.33. The van der Waals surface area contributed by atoms with E-state index in [1.54, 1.807) is 0 Å². The zero-order valence-corrected chi connectivity index (χ0v) is 14.1. The van der Waals surface area contributed by atoms with Crippen molar-refractivity contribution in [2.45, 2.75) is 58.2 Å². The van der Waals surface area contributed by atoms with E-state index in [1.165, 1.54) is 0 Å². The van der Waals surface area contributed by atoms with E-state index in [0.717, 1.165) is 18.4 Å². The van der Waals surface area contributed by atoms with Crippen molar-refractivity contribution < 1.29 is 9.59 Å². The number of nitrogens with zero attached hydrogens (tertiary/aromatic N) is 2. The summed E-state index contributed by atoms with van der Waals surface area (Å²) in [6.07, 6.45) is 6.42. The Bertz CT molecular complexity index is 542. The van der Waals surface area contributed by atoms with Crippen LogP contribution in [0.2, 0.25) is 0 Å². The Morgan fingerprint density at radius 2 is 2.26 bits per heavy atom. The third-order valence-electron chi connectivity index (χ3n) is 4.33. The molecule has 0 bridgehead atoms. The first-order valence-corrected chi connectivity index (χ1v) is 8.28. The lowest BCUT2D eigenvalue weighted by atomic mass is 10.1. The SMILES string of the molecule is Cc1cnn([C@H](C)[C@H](C)NCC(=O)N[C@H]2CCCCNC2=O)c1. The minimum absolute atomic E-state index is 0.0794. The minimum Gasteiger partial charge on any atom is -0.354 e. The first-order valence-electron chi connectivity index (χ1n) is 8.28. The average molecular weight is 321 g/mol. The zero-order chi connectivity index (χ0) is 16.8. The van der Waals surface area contributed by atoms with Gasteiger partial charge in [-0.2, -0.15) is 5.10 Å². The molecule has 1 saturated heterocycles. The highest BCUT2D eigenvalue weighted by atomic mass is 16.2. The van der Waals surface area contributed by atoms with E-state index >= 15 is 0 Å². The van der Waals surface area contributed by atoms with Crippen LogP contribution < -0.4 is 16.0 Å². The van der Waals surface area contributed by atoms with Gasteiger partial charge in [0.2, 0.25) is 11.8 Å². The second kappa shape index (κ2) is 8.10. The lowest BCUT2D eigenvalue weighted by Gasteiger charge is -2.22. The molecule has 1 aliphatic rings. The van der Waals surface area contributed by atoms with Gasteiger partial charge in [-0.15, -0.1) is 0 Å². The van der Waals surface area contributed by atoms with E-state index < -0.39 is 6.04 Å². The lowest BCUT2D eigenvalue weighted by molar-refractivity contribution is -0.128. The number of nitrogens with one attached hydrogen (secondary N) is 3. The van der Waals surface area contributed by atoms with Gasteiger partial charge in [0, 0.05) is 18.8 Å². The molecule has 0 spiro atoms. The van der Waals surface area contributed by atoms with Crippen LogP contribution in [0.15, 0.2) is 12.4 Å². The van der Waals surface area contributed by atoms with Gasteiger partial charge in [-0.05, 0) is 45.6 Å². The smallest absolute Gasteiger partial charge is 0.242 e. The molecule has 2 heterocycles. The van der Waals surface area contributed by atoms with Crippen LogP contribution in [0.5, 0.6) is 0 Å².